The van der Waals surface area contributed by atoms with E-state index in [4.69, 9.17) is 24.4 Å². The highest BCUT2D eigenvalue weighted by molar-refractivity contribution is 7.81. The molecular weight excluding hydrogens is 274 g/mol. The second-order valence-electron chi connectivity index (χ2n) is 5.92. The van der Waals surface area contributed by atoms with Crippen molar-refractivity contribution in [2.75, 3.05) is 0 Å². The first kappa shape index (κ1) is 18.6. The molecule has 0 aromatic carbocycles. The maximum Gasteiger partial charge on any atom is 0.175 e. The standard InChI is InChI=1S/C14H29N3S2/c1-9(2)16(10(3)4)13(18)15-14(19)17(11(5)6)12(7)8/h9-12H,1-8H3,(H,15,18,19). The van der Waals surface area contributed by atoms with E-state index in [9.17, 15) is 0 Å². The Labute approximate surface area is 129 Å². The van der Waals surface area contributed by atoms with E-state index in [1.165, 1.54) is 0 Å². The fourth-order valence-corrected chi connectivity index (χ4v) is 3.45. The van der Waals surface area contributed by atoms with Crippen LogP contribution in [-0.4, -0.2) is 44.2 Å². The average Bonchev–Trinajstić information content (AvgIpc) is 2.13. The van der Waals surface area contributed by atoms with Crippen molar-refractivity contribution in [2.24, 2.45) is 0 Å². The van der Waals surface area contributed by atoms with Crippen LogP contribution in [0.25, 0.3) is 0 Å². The Morgan fingerprint density at radius 1 is 0.632 bits per heavy atom. The quantitative estimate of drug-likeness (QED) is 0.800. The zero-order valence-electron chi connectivity index (χ0n) is 13.5. The van der Waals surface area contributed by atoms with Crippen LogP contribution in [0.15, 0.2) is 0 Å². The summed E-state index contributed by atoms with van der Waals surface area (Å²) in [5.74, 6) is 0. The topological polar surface area (TPSA) is 18.5 Å². The van der Waals surface area contributed by atoms with Crippen molar-refractivity contribution < 1.29 is 0 Å². The van der Waals surface area contributed by atoms with Crippen molar-refractivity contribution in [3.05, 3.63) is 0 Å². The van der Waals surface area contributed by atoms with Gasteiger partial charge in [0.2, 0.25) is 0 Å². The number of rotatable bonds is 4. The van der Waals surface area contributed by atoms with Crippen LogP contribution in [0.5, 0.6) is 0 Å². The maximum absolute atomic E-state index is 5.50. The normalized spacial score (nSPS) is 11.4. The highest BCUT2D eigenvalue weighted by Crippen LogP contribution is 2.09. The third kappa shape index (κ3) is 5.61. The molecule has 0 bridgehead atoms. The summed E-state index contributed by atoms with van der Waals surface area (Å²) in [5, 5.41) is 4.64. The number of hydrogen-bond acceptors (Lipinski definition) is 2. The van der Waals surface area contributed by atoms with E-state index in [0.29, 0.717) is 34.4 Å². The fraction of sp³-hybridized carbons (Fsp3) is 0.857. The largest absolute Gasteiger partial charge is 0.344 e. The van der Waals surface area contributed by atoms with E-state index >= 15 is 0 Å². The van der Waals surface area contributed by atoms with Gasteiger partial charge in [-0.15, -0.1) is 0 Å². The summed E-state index contributed by atoms with van der Waals surface area (Å²) in [4.78, 5) is 4.33. The predicted octanol–water partition coefficient (Wildman–Crippen LogP) is 3.38. The van der Waals surface area contributed by atoms with Crippen LogP contribution in [0, 0.1) is 0 Å². The molecule has 0 spiro atoms. The third-order valence-corrected chi connectivity index (χ3v) is 3.53. The van der Waals surface area contributed by atoms with Gasteiger partial charge in [-0.25, -0.2) is 0 Å². The minimum Gasteiger partial charge on any atom is -0.344 e. The lowest BCUT2D eigenvalue weighted by molar-refractivity contribution is 0.278. The molecule has 0 fully saturated rings. The summed E-state index contributed by atoms with van der Waals surface area (Å²) in [5.41, 5.74) is 0. The Hall–Kier alpha value is -0.420. The average molecular weight is 304 g/mol. The van der Waals surface area contributed by atoms with Crippen molar-refractivity contribution in [3.63, 3.8) is 0 Å². The molecular formula is C14H29N3S2. The highest BCUT2D eigenvalue weighted by atomic mass is 32.1. The predicted molar refractivity (Wildman–Crippen MR) is 92.6 cm³/mol. The molecule has 0 atom stereocenters. The van der Waals surface area contributed by atoms with Crippen LogP contribution < -0.4 is 5.32 Å². The molecule has 3 nitrogen and oxygen atoms in total. The van der Waals surface area contributed by atoms with Crippen LogP contribution in [0.3, 0.4) is 0 Å². The molecule has 0 saturated heterocycles. The maximum atomic E-state index is 5.50. The van der Waals surface area contributed by atoms with Gasteiger partial charge in [-0.05, 0) is 79.8 Å². The molecule has 0 saturated carbocycles. The lowest BCUT2D eigenvalue weighted by atomic mass is 10.2. The van der Waals surface area contributed by atoms with Gasteiger partial charge in [0.15, 0.2) is 10.2 Å². The summed E-state index contributed by atoms with van der Waals surface area (Å²) in [6.07, 6.45) is 0. The van der Waals surface area contributed by atoms with Crippen LogP contribution in [0.1, 0.15) is 55.4 Å². The number of nitrogens with one attached hydrogen (secondary N) is 1. The van der Waals surface area contributed by atoms with E-state index in [2.05, 4.69) is 70.5 Å². The van der Waals surface area contributed by atoms with Gasteiger partial charge in [0.1, 0.15) is 0 Å². The van der Waals surface area contributed by atoms with Crippen LogP contribution in [0.2, 0.25) is 0 Å². The van der Waals surface area contributed by atoms with Crippen molar-refractivity contribution in [1.82, 2.24) is 15.1 Å². The first-order chi connectivity index (χ1) is 8.59. The Balaban J connectivity index is 4.83. The molecule has 0 rings (SSSR count). The molecule has 0 amide bonds. The van der Waals surface area contributed by atoms with Gasteiger partial charge in [0, 0.05) is 24.2 Å². The van der Waals surface area contributed by atoms with E-state index in [1.807, 2.05) is 0 Å². The SMILES string of the molecule is CC(C)N(C(=S)NC(=S)N(C(C)C)C(C)C)C(C)C. The molecule has 0 aromatic rings. The summed E-state index contributed by atoms with van der Waals surface area (Å²) in [6, 6.07) is 1.42. The molecule has 112 valence electrons. The van der Waals surface area contributed by atoms with Crippen molar-refractivity contribution >= 4 is 34.7 Å². The number of nitrogens with zero attached hydrogens (tertiary/aromatic N) is 2. The van der Waals surface area contributed by atoms with Crippen LogP contribution >= 0.6 is 24.4 Å². The molecule has 0 aliphatic rings. The summed E-state index contributed by atoms with van der Waals surface area (Å²) < 4.78 is 0. The van der Waals surface area contributed by atoms with E-state index in [1.54, 1.807) is 0 Å². The lowest BCUT2D eigenvalue weighted by Crippen LogP contribution is -2.55. The summed E-state index contributed by atoms with van der Waals surface area (Å²) >= 11 is 11.0. The molecule has 0 heterocycles. The zero-order valence-corrected chi connectivity index (χ0v) is 15.2. The number of thiocarbonyl (C=S) groups is 2. The van der Waals surface area contributed by atoms with Gasteiger partial charge in [0.25, 0.3) is 0 Å². The summed E-state index contributed by atoms with van der Waals surface area (Å²) in [6.45, 7) is 17.1. The Morgan fingerprint density at radius 3 is 1.00 bits per heavy atom. The van der Waals surface area contributed by atoms with E-state index in [-0.39, 0.29) is 0 Å². The minimum atomic E-state index is 0.356. The minimum absolute atomic E-state index is 0.356. The molecule has 0 radical (unpaired) electrons. The molecule has 0 aliphatic carbocycles. The molecule has 0 aliphatic heterocycles. The molecule has 1 N–H and O–H groups in total. The third-order valence-electron chi connectivity index (χ3n) is 2.91. The van der Waals surface area contributed by atoms with Gasteiger partial charge >= 0.3 is 0 Å². The van der Waals surface area contributed by atoms with Crippen LogP contribution in [0.4, 0.5) is 0 Å². The van der Waals surface area contributed by atoms with Crippen LogP contribution in [-0.2, 0) is 0 Å². The lowest BCUT2D eigenvalue weighted by Gasteiger charge is -2.37. The van der Waals surface area contributed by atoms with Gasteiger partial charge in [-0.1, -0.05) is 0 Å². The second-order valence-corrected chi connectivity index (χ2v) is 6.70. The van der Waals surface area contributed by atoms with Gasteiger partial charge in [-0.3, -0.25) is 0 Å². The Kier molecular flexibility index (Phi) is 7.82. The molecule has 5 heteroatoms. The van der Waals surface area contributed by atoms with Gasteiger partial charge in [-0.2, -0.15) is 0 Å². The Bertz CT molecular complexity index is 266. The fourth-order valence-electron chi connectivity index (χ4n) is 2.35. The zero-order chi connectivity index (χ0) is 15.3. The monoisotopic (exact) mass is 303 g/mol. The van der Waals surface area contributed by atoms with Crippen molar-refractivity contribution in [1.29, 1.82) is 0 Å². The summed E-state index contributed by atoms with van der Waals surface area (Å²) in [7, 11) is 0. The first-order valence-electron chi connectivity index (χ1n) is 7.01. The smallest absolute Gasteiger partial charge is 0.175 e. The highest BCUT2D eigenvalue weighted by Gasteiger charge is 2.21. The van der Waals surface area contributed by atoms with Crippen molar-refractivity contribution in [2.45, 2.75) is 79.6 Å². The van der Waals surface area contributed by atoms with E-state index in [0.717, 1.165) is 0 Å². The number of hydrogen-bond donors (Lipinski definition) is 1. The van der Waals surface area contributed by atoms with E-state index < -0.39 is 0 Å². The molecule has 19 heavy (non-hydrogen) atoms. The Morgan fingerprint density at radius 2 is 0.842 bits per heavy atom. The van der Waals surface area contributed by atoms with Gasteiger partial charge < -0.3 is 15.1 Å². The molecule has 0 aromatic heterocycles. The second kappa shape index (κ2) is 8.00. The van der Waals surface area contributed by atoms with Crippen molar-refractivity contribution in [3.8, 4) is 0 Å². The van der Waals surface area contributed by atoms with Gasteiger partial charge in [0.05, 0.1) is 0 Å². The molecule has 0 unspecified atom stereocenters. The first-order valence-corrected chi connectivity index (χ1v) is 7.82.